The fraction of sp³-hybridized carbons (Fsp3) is 0.400. The van der Waals surface area contributed by atoms with E-state index < -0.39 is 23.5 Å². The van der Waals surface area contributed by atoms with Crippen LogP contribution in [0.2, 0.25) is 0 Å². The highest BCUT2D eigenvalue weighted by Gasteiger charge is 2.41. The second-order valence-electron chi connectivity index (χ2n) is 10.6. The van der Waals surface area contributed by atoms with Gasteiger partial charge in [-0.1, -0.05) is 12.1 Å². The summed E-state index contributed by atoms with van der Waals surface area (Å²) in [6.45, 7) is 5.64. The van der Waals surface area contributed by atoms with Crippen molar-refractivity contribution in [3.63, 3.8) is 0 Å². The van der Waals surface area contributed by atoms with E-state index in [1.54, 1.807) is 15.6 Å². The number of halogens is 2. The minimum atomic E-state index is -0.837. The molecule has 2 bridgehead atoms. The number of likely N-dealkylation sites (tertiary alicyclic amines) is 1. The molecule has 0 spiro atoms. The van der Waals surface area contributed by atoms with E-state index in [0.717, 1.165) is 29.1 Å². The van der Waals surface area contributed by atoms with Crippen molar-refractivity contribution in [3.05, 3.63) is 82.7 Å². The molecule has 41 heavy (non-hydrogen) atoms. The normalized spacial score (nSPS) is 19.7. The van der Waals surface area contributed by atoms with Gasteiger partial charge in [0.25, 0.3) is 5.91 Å². The van der Waals surface area contributed by atoms with Crippen molar-refractivity contribution >= 4 is 17.7 Å². The van der Waals surface area contributed by atoms with Crippen molar-refractivity contribution in [3.8, 4) is 5.75 Å². The molecule has 5 rings (SSSR count). The highest BCUT2D eigenvalue weighted by Crippen LogP contribution is 2.35. The van der Waals surface area contributed by atoms with E-state index in [9.17, 15) is 23.2 Å². The standard InChI is InChI=1S/C30H33F2N5O4/c1-19-11-20(2)37(34-19)18-28(38)35-8-4-7-33-29(39)27-17-36(30(40)22-12-23(31)15-24(32)13-22)16-26(27)21-5-3-6-25(14-21)41-10-9-35/h3,5-6,11-15,26-27H,4,7-10,16-18H2,1-2H3,(H,33,39)/t26-,27+/m1/s1. The van der Waals surface area contributed by atoms with Gasteiger partial charge in [-0.15, -0.1) is 0 Å². The van der Waals surface area contributed by atoms with Gasteiger partial charge in [0.15, 0.2) is 0 Å². The monoisotopic (exact) mass is 565 g/mol. The van der Waals surface area contributed by atoms with Gasteiger partial charge in [-0.3, -0.25) is 19.1 Å². The van der Waals surface area contributed by atoms with Crippen LogP contribution in [0.4, 0.5) is 8.78 Å². The summed E-state index contributed by atoms with van der Waals surface area (Å²) in [6.07, 6.45) is 0.530. The van der Waals surface area contributed by atoms with Crippen LogP contribution >= 0.6 is 0 Å². The van der Waals surface area contributed by atoms with E-state index in [1.165, 1.54) is 4.90 Å². The van der Waals surface area contributed by atoms with Crippen LogP contribution in [0.15, 0.2) is 48.5 Å². The van der Waals surface area contributed by atoms with Gasteiger partial charge in [0.1, 0.15) is 30.5 Å². The summed E-state index contributed by atoms with van der Waals surface area (Å²) in [6, 6.07) is 12.0. The Morgan fingerprint density at radius 1 is 1.00 bits per heavy atom. The van der Waals surface area contributed by atoms with Crippen molar-refractivity contribution in [1.82, 2.24) is 24.9 Å². The summed E-state index contributed by atoms with van der Waals surface area (Å²) in [5, 5.41) is 7.36. The number of nitrogens with one attached hydrogen (secondary N) is 1. The summed E-state index contributed by atoms with van der Waals surface area (Å²) < 4.78 is 35.3. The van der Waals surface area contributed by atoms with Gasteiger partial charge >= 0.3 is 0 Å². The highest BCUT2D eigenvalue weighted by molar-refractivity contribution is 5.95. The molecular formula is C30H33F2N5O4. The summed E-state index contributed by atoms with van der Waals surface area (Å²) in [5.41, 5.74) is 2.46. The average Bonchev–Trinajstić information content (AvgIpc) is 3.51. The maximum Gasteiger partial charge on any atom is 0.254 e. The molecule has 1 N–H and O–H groups in total. The fourth-order valence-electron chi connectivity index (χ4n) is 5.58. The number of fused-ring (bicyclic) bond motifs is 4. The Bertz CT molecular complexity index is 1440. The summed E-state index contributed by atoms with van der Waals surface area (Å²) in [5.74, 6) is -2.84. The second-order valence-corrected chi connectivity index (χ2v) is 10.6. The lowest BCUT2D eigenvalue weighted by Crippen LogP contribution is -2.40. The van der Waals surface area contributed by atoms with Crippen LogP contribution in [0.3, 0.4) is 0 Å². The molecule has 2 aliphatic heterocycles. The number of carbonyl (C=O) groups is 3. The van der Waals surface area contributed by atoms with Crippen LogP contribution in [-0.2, 0) is 16.1 Å². The molecule has 0 aliphatic carbocycles. The maximum absolute atomic E-state index is 13.8. The first-order valence-corrected chi connectivity index (χ1v) is 13.7. The molecule has 3 heterocycles. The van der Waals surface area contributed by atoms with Crippen molar-refractivity contribution in [2.24, 2.45) is 5.92 Å². The molecule has 216 valence electrons. The number of amides is 3. The Morgan fingerprint density at radius 3 is 2.49 bits per heavy atom. The number of hydrogen-bond donors (Lipinski definition) is 1. The zero-order chi connectivity index (χ0) is 29.1. The average molecular weight is 566 g/mol. The first kappa shape index (κ1) is 28.3. The third-order valence-corrected chi connectivity index (χ3v) is 7.61. The maximum atomic E-state index is 13.8. The number of benzene rings is 2. The lowest BCUT2D eigenvalue weighted by molar-refractivity contribution is -0.132. The molecule has 2 atom stereocenters. The third kappa shape index (κ3) is 6.55. The molecule has 1 saturated heterocycles. The molecule has 9 nitrogen and oxygen atoms in total. The molecule has 0 unspecified atom stereocenters. The van der Waals surface area contributed by atoms with E-state index >= 15 is 0 Å². The van der Waals surface area contributed by atoms with E-state index in [2.05, 4.69) is 10.4 Å². The van der Waals surface area contributed by atoms with Crippen LogP contribution in [0, 0.1) is 31.4 Å². The molecule has 1 fully saturated rings. The zero-order valence-corrected chi connectivity index (χ0v) is 23.1. The van der Waals surface area contributed by atoms with E-state index in [0.29, 0.717) is 37.9 Å². The molecule has 3 amide bonds. The molecule has 2 aliphatic rings. The number of nitrogens with zero attached hydrogens (tertiary/aromatic N) is 4. The van der Waals surface area contributed by atoms with Gasteiger partial charge in [0.2, 0.25) is 11.8 Å². The van der Waals surface area contributed by atoms with Gasteiger partial charge in [0.05, 0.1) is 18.2 Å². The van der Waals surface area contributed by atoms with Gasteiger partial charge in [-0.25, -0.2) is 8.78 Å². The van der Waals surface area contributed by atoms with E-state index in [1.807, 2.05) is 38.1 Å². The lowest BCUT2D eigenvalue weighted by Gasteiger charge is -2.25. The minimum absolute atomic E-state index is 0.0919. The predicted molar refractivity (Wildman–Crippen MR) is 146 cm³/mol. The largest absolute Gasteiger partial charge is 0.492 e. The molecule has 0 saturated carbocycles. The lowest BCUT2D eigenvalue weighted by atomic mass is 9.88. The molecule has 2 aromatic carbocycles. The summed E-state index contributed by atoms with van der Waals surface area (Å²) in [7, 11) is 0. The van der Waals surface area contributed by atoms with Crippen LogP contribution < -0.4 is 10.1 Å². The zero-order valence-electron chi connectivity index (χ0n) is 23.1. The first-order valence-electron chi connectivity index (χ1n) is 13.7. The Labute approximate surface area is 237 Å². The number of aromatic nitrogens is 2. The van der Waals surface area contributed by atoms with Crippen LogP contribution in [-0.4, -0.2) is 76.6 Å². The van der Waals surface area contributed by atoms with E-state index in [-0.39, 0.29) is 49.5 Å². The summed E-state index contributed by atoms with van der Waals surface area (Å²) in [4.78, 5) is 42.9. The van der Waals surface area contributed by atoms with Crippen molar-refractivity contribution < 1.29 is 27.9 Å². The highest BCUT2D eigenvalue weighted by atomic mass is 19.1. The Kier molecular flexibility index (Phi) is 8.32. The number of hydrogen-bond acceptors (Lipinski definition) is 5. The van der Waals surface area contributed by atoms with Crippen LogP contribution in [0.5, 0.6) is 5.75 Å². The molecular weight excluding hydrogens is 532 g/mol. The minimum Gasteiger partial charge on any atom is -0.492 e. The van der Waals surface area contributed by atoms with Gasteiger partial charge in [-0.05, 0) is 56.2 Å². The molecule has 1 aromatic heterocycles. The fourth-order valence-corrected chi connectivity index (χ4v) is 5.58. The molecule has 11 heteroatoms. The molecule has 0 radical (unpaired) electrons. The van der Waals surface area contributed by atoms with Crippen molar-refractivity contribution in [1.29, 1.82) is 0 Å². The first-order chi connectivity index (χ1) is 19.7. The molecule has 3 aromatic rings. The van der Waals surface area contributed by atoms with Gasteiger partial charge in [-0.2, -0.15) is 5.10 Å². The third-order valence-electron chi connectivity index (χ3n) is 7.61. The van der Waals surface area contributed by atoms with Gasteiger partial charge in [0, 0.05) is 49.4 Å². The predicted octanol–water partition coefficient (Wildman–Crippen LogP) is 3.06. The van der Waals surface area contributed by atoms with E-state index in [4.69, 9.17) is 4.74 Å². The number of rotatable bonds is 3. The Morgan fingerprint density at radius 2 is 1.76 bits per heavy atom. The van der Waals surface area contributed by atoms with Crippen LogP contribution in [0.25, 0.3) is 0 Å². The quantitative estimate of drug-likeness (QED) is 0.527. The van der Waals surface area contributed by atoms with Crippen molar-refractivity contribution in [2.45, 2.75) is 32.7 Å². The number of aryl methyl sites for hydroxylation is 2. The Hall–Kier alpha value is -4.28. The topological polar surface area (TPSA) is 96.8 Å². The Balaban J connectivity index is 1.33. The second kappa shape index (κ2) is 12.1. The smallest absolute Gasteiger partial charge is 0.254 e. The number of carbonyl (C=O) groups excluding carboxylic acids is 3. The number of ether oxygens (including phenoxy) is 1. The van der Waals surface area contributed by atoms with Crippen LogP contribution in [0.1, 0.15) is 39.6 Å². The summed E-state index contributed by atoms with van der Waals surface area (Å²) >= 11 is 0. The van der Waals surface area contributed by atoms with Crippen molar-refractivity contribution in [2.75, 3.05) is 39.3 Å². The SMILES string of the molecule is Cc1cc(C)n(CC(=O)N2CCCNC(=O)[C@H]3CN(C(=O)c4cc(F)cc(F)c4)C[C@@H]3c3cccc(c3)OCC2)n1. The van der Waals surface area contributed by atoms with Gasteiger partial charge < -0.3 is 19.9 Å².